The van der Waals surface area contributed by atoms with E-state index in [1.807, 2.05) is 97.1 Å². The van der Waals surface area contributed by atoms with Crippen LogP contribution in [0.25, 0.3) is 11.1 Å². The second kappa shape index (κ2) is 16.5. The van der Waals surface area contributed by atoms with E-state index in [-0.39, 0.29) is 31.5 Å². The van der Waals surface area contributed by atoms with Gasteiger partial charge in [0.15, 0.2) is 11.5 Å². The van der Waals surface area contributed by atoms with E-state index in [9.17, 15) is 19.5 Å². The number of benzene rings is 5. The molecule has 5 aromatic carbocycles. The Hall–Kier alpha value is -6.09. The lowest BCUT2D eigenvalue weighted by Gasteiger charge is -2.30. The van der Waals surface area contributed by atoms with E-state index in [4.69, 9.17) is 14.2 Å². The van der Waals surface area contributed by atoms with Crippen LogP contribution in [-0.4, -0.2) is 41.3 Å². The molecule has 0 aromatic heterocycles. The predicted molar refractivity (Wildman–Crippen MR) is 203 cm³/mol. The first-order valence-electron chi connectivity index (χ1n) is 17.7. The Morgan fingerprint density at radius 1 is 0.698 bits per heavy atom. The Morgan fingerprint density at radius 2 is 1.23 bits per heavy atom. The van der Waals surface area contributed by atoms with Crippen molar-refractivity contribution < 1.29 is 33.7 Å². The number of alkyl carbamates (subject to hydrolysis) is 1. The maximum absolute atomic E-state index is 13.7. The molecule has 0 aliphatic heterocycles. The van der Waals surface area contributed by atoms with Gasteiger partial charge in [-0.1, -0.05) is 129 Å². The van der Waals surface area contributed by atoms with Crippen molar-refractivity contribution in [2.24, 2.45) is 5.92 Å². The lowest BCUT2D eigenvalue weighted by atomic mass is 9.91. The molecule has 5 aromatic rings. The van der Waals surface area contributed by atoms with Gasteiger partial charge in [0.25, 0.3) is 0 Å². The van der Waals surface area contributed by atoms with Crippen molar-refractivity contribution in [2.45, 2.75) is 57.9 Å². The van der Waals surface area contributed by atoms with Crippen LogP contribution < -0.4 is 20.1 Å². The van der Waals surface area contributed by atoms with E-state index in [1.54, 1.807) is 32.0 Å². The zero-order chi connectivity index (χ0) is 37.4. The average Bonchev–Trinajstić information content (AvgIpc) is 3.48. The topological polar surface area (TPSA) is 123 Å². The molecule has 1 aliphatic rings. The van der Waals surface area contributed by atoms with Crippen LogP contribution in [0.5, 0.6) is 11.5 Å². The summed E-state index contributed by atoms with van der Waals surface area (Å²) in [5, 5.41) is 15.8. The Balaban J connectivity index is 1.13. The van der Waals surface area contributed by atoms with Gasteiger partial charge in [-0.3, -0.25) is 4.79 Å². The minimum atomic E-state index is -1.73. The summed E-state index contributed by atoms with van der Waals surface area (Å²) in [6.45, 7) is 5.67. The molecule has 1 aliphatic carbocycles. The third-order valence-electron chi connectivity index (χ3n) is 9.48. The fourth-order valence-corrected chi connectivity index (χ4v) is 6.60. The molecule has 0 bridgehead atoms. The number of hydrogen-bond donors (Lipinski definition) is 3. The highest BCUT2D eigenvalue weighted by Gasteiger charge is 2.39. The molecule has 53 heavy (non-hydrogen) atoms. The molecule has 0 saturated carbocycles. The van der Waals surface area contributed by atoms with Gasteiger partial charge in [-0.05, 0) is 63.9 Å². The molecular weight excluding hydrogens is 668 g/mol. The zero-order valence-corrected chi connectivity index (χ0v) is 30.1. The Bertz CT molecular complexity index is 2000. The van der Waals surface area contributed by atoms with E-state index >= 15 is 0 Å². The second-order valence-corrected chi connectivity index (χ2v) is 13.8. The summed E-state index contributed by atoms with van der Waals surface area (Å²) in [6, 6.07) is 39.7. The lowest BCUT2D eigenvalue weighted by Crippen LogP contribution is -2.60. The fourth-order valence-electron chi connectivity index (χ4n) is 6.60. The highest BCUT2D eigenvalue weighted by Crippen LogP contribution is 2.44. The highest BCUT2D eigenvalue weighted by atomic mass is 16.5. The van der Waals surface area contributed by atoms with Crippen LogP contribution in [0.15, 0.2) is 127 Å². The molecule has 2 amide bonds. The molecule has 9 nitrogen and oxygen atoms in total. The summed E-state index contributed by atoms with van der Waals surface area (Å²) in [4.78, 5) is 39.7. The maximum atomic E-state index is 13.7. The molecule has 0 heterocycles. The van der Waals surface area contributed by atoms with Gasteiger partial charge in [0, 0.05) is 12.3 Å². The quantitative estimate of drug-likeness (QED) is 0.101. The monoisotopic (exact) mass is 712 g/mol. The third kappa shape index (κ3) is 8.87. The molecule has 0 fully saturated rings. The summed E-state index contributed by atoms with van der Waals surface area (Å²) >= 11 is 0. The van der Waals surface area contributed by atoms with Crippen molar-refractivity contribution >= 4 is 18.0 Å². The summed E-state index contributed by atoms with van der Waals surface area (Å²) in [5.41, 5.74) is 5.17. The van der Waals surface area contributed by atoms with E-state index in [0.717, 1.165) is 33.4 Å². The van der Waals surface area contributed by atoms with E-state index < -0.39 is 29.6 Å². The molecule has 0 radical (unpaired) electrons. The first-order chi connectivity index (χ1) is 25.6. The predicted octanol–water partition coefficient (Wildman–Crippen LogP) is 7.91. The first kappa shape index (κ1) is 36.7. The highest BCUT2D eigenvalue weighted by molar-refractivity contribution is 5.91. The van der Waals surface area contributed by atoms with Crippen LogP contribution >= 0.6 is 0 Å². The van der Waals surface area contributed by atoms with E-state index in [1.165, 1.54) is 6.92 Å². The van der Waals surface area contributed by atoms with Crippen LogP contribution in [0.3, 0.4) is 0 Å². The number of nitrogens with one attached hydrogen (secondary N) is 2. The average molecular weight is 713 g/mol. The number of fused-ring (bicyclic) bond motifs is 3. The first-order valence-corrected chi connectivity index (χ1v) is 17.7. The maximum Gasteiger partial charge on any atom is 0.407 e. The number of hydrogen-bond acceptors (Lipinski definition) is 6. The zero-order valence-electron chi connectivity index (χ0n) is 30.1. The largest absolute Gasteiger partial charge is 0.485 e. The van der Waals surface area contributed by atoms with Crippen LogP contribution in [-0.2, 0) is 34.0 Å². The minimum absolute atomic E-state index is 0.0650. The smallest absolute Gasteiger partial charge is 0.407 e. The van der Waals surface area contributed by atoms with Crippen molar-refractivity contribution in [3.8, 4) is 22.6 Å². The number of ether oxygens (including phenoxy) is 3. The second-order valence-electron chi connectivity index (χ2n) is 13.8. The Kier molecular flexibility index (Phi) is 11.4. The Labute approximate surface area is 309 Å². The van der Waals surface area contributed by atoms with Gasteiger partial charge < -0.3 is 30.0 Å². The van der Waals surface area contributed by atoms with Crippen LogP contribution in [0.4, 0.5) is 4.79 Å². The van der Waals surface area contributed by atoms with Crippen molar-refractivity contribution in [2.75, 3.05) is 6.61 Å². The van der Waals surface area contributed by atoms with Crippen molar-refractivity contribution in [3.05, 3.63) is 155 Å². The van der Waals surface area contributed by atoms with Crippen LogP contribution in [0, 0.1) is 5.92 Å². The van der Waals surface area contributed by atoms with Gasteiger partial charge in [-0.25, -0.2) is 9.59 Å². The van der Waals surface area contributed by atoms with Gasteiger partial charge in [0.05, 0.1) is 0 Å². The summed E-state index contributed by atoms with van der Waals surface area (Å²) < 4.78 is 18.0. The number of carboxylic acid groups (broad SMARTS) is 1. The SMILES string of the molecule is CC(C)[C@H](NC(=O)OCC1c2ccccc2-c2ccccc21)C(=O)N[C@@](C)(Cc1ccc(OCc2ccccc2)c(OCc2ccccc2)c1)C(=O)O. The van der Waals surface area contributed by atoms with Crippen LogP contribution in [0.1, 0.15) is 54.5 Å². The lowest BCUT2D eigenvalue weighted by molar-refractivity contribution is -0.147. The van der Waals surface area contributed by atoms with Gasteiger partial charge in [-0.15, -0.1) is 0 Å². The minimum Gasteiger partial charge on any atom is -0.485 e. The molecule has 0 saturated heterocycles. The molecule has 272 valence electrons. The molecular formula is C44H44N2O7. The number of carbonyl (C=O) groups is 3. The number of amides is 2. The number of aliphatic carboxylic acids is 1. The molecule has 9 heteroatoms. The molecule has 0 spiro atoms. The molecule has 0 unspecified atom stereocenters. The van der Waals surface area contributed by atoms with Gasteiger partial charge in [0.1, 0.15) is 31.4 Å². The summed E-state index contributed by atoms with van der Waals surface area (Å²) in [5.74, 6) is -1.44. The van der Waals surface area contributed by atoms with Crippen LogP contribution in [0.2, 0.25) is 0 Å². The van der Waals surface area contributed by atoms with E-state index in [2.05, 4.69) is 22.8 Å². The van der Waals surface area contributed by atoms with Crippen molar-refractivity contribution in [1.29, 1.82) is 0 Å². The summed E-state index contributed by atoms with van der Waals surface area (Å²) in [7, 11) is 0. The normalized spacial score (nSPS) is 13.6. The van der Waals surface area contributed by atoms with Crippen molar-refractivity contribution in [1.82, 2.24) is 10.6 Å². The van der Waals surface area contributed by atoms with Gasteiger partial charge >= 0.3 is 12.1 Å². The number of carbonyl (C=O) groups excluding carboxylic acids is 2. The number of carboxylic acids is 1. The number of rotatable bonds is 15. The molecule has 3 N–H and O–H groups in total. The Morgan fingerprint density at radius 3 is 1.77 bits per heavy atom. The van der Waals surface area contributed by atoms with Gasteiger partial charge in [0.2, 0.25) is 5.91 Å². The summed E-state index contributed by atoms with van der Waals surface area (Å²) in [6.07, 6.45) is -0.825. The molecule has 2 atom stereocenters. The standard InChI is InChI=1S/C44H44N2O7/c1-29(2)40(45-43(50)53-28-37-35-20-12-10-18-33(35)34-19-11-13-21-36(34)37)41(47)46-44(3,42(48)49)25-32-22-23-38(51-26-30-14-6-4-7-15-30)39(24-32)52-27-31-16-8-5-9-17-31/h4-24,29,37,40H,25-28H2,1-3H3,(H,45,50)(H,46,47)(H,48,49)/t40-,44-/m0/s1. The fraction of sp³-hybridized carbons (Fsp3) is 0.250. The van der Waals surface area contributed by atoms with E-state index in [0.29, 0.717) is 23.7 Å². The third-order valence-corrected chi connectivity index (χ3v) is 9.48. The van der Waals surface area contributed by atoms with Crippen molar-refractivity contribution in [3.63, 3.8) is 0 Å². The molecule has 6 rings (SSSR count). The van der Waals surface area contributed by atoms with Gasteiger partial charge in [-0.2, -0.15) is 0 Å².